The van der Waals surface area contributed by atoms with Gasteiger partial charge in [-0.15, -0.1) is 0 Å². The Hall–Kier alpha value is -2.71. The summed E-state index contributed by atoms with van der Waals surface area (Å²) >= 11 is 0. The van der Waals surface area contributed by atoms with E-state index in [0.29, 0.717) is 34.8 Å². The topological polar surface area (TPSA) is 97.8 Å². The number of ether oxygens (including phenoxy) is 1. The van der Waals surface area contributed by atoms with Crippen LogP contribution in [0.25, 0.3) is 10.9 Å². The van der Waals surface area contributed by atoms with E-state index in [9.17, 15) is 15.0 Å². The number of piperidine rings is 1. The Bertz CT molecular complexity index is 1130. The molecule has 1 saturated heterocycles. The average molecular weight is 480 g/mol. The molecular formula is C28H37N3O4. The summed E-state index contributed by atoms with van der Waals surface area (Å²) in [7, 11) is 0. The molecule has 1 aromatic heterocycles. The van der Waals surface area contributed by atoms with Gasteiger partial charge in [0, 0.05) is 30.5 Å². The van der Waals surface area contributed by atoms with Gasteiger partial charge in [0.15, 0.2) is 0 Å². The van der Waals surface area contributed by atoms with Crippen LogP contribution >= 0.6 is 0 Å². The van der Waals surface area contributed by atoms with Crippen molar-refractivity contribution in [3.05, 3.63) is 76.1 Å². The fraction of sp³-hybridized carbons (Fsp3) is 0.464. The lowest BCUT2D eigenvalue weighted by molar-refractivity contribution is 0.0816. The van der Waals surface area contributed by atoms with Crippen LogP contribution in [0, 0.1) is 5.92 Å². The maximum atomic E-state index is 11.6. The van der Waals surface area contributed by atoms with Crippen molar-refractivity contribution >= 4 is 10.9 Å². The highest BCUT2D eigenvalue weighted by Crippen LogP contribution is 2.28. The Morgan fingerprint density at radius 3 is 2.66 bits per heavy atom. The normalized spacial score (nSPS) is 17.0. The van der Waals surface area contributed by atoms with Gasteiger partial charge < -0.3 is 30.2 Å². The number of benzene rings is 2. The molecule has 1 unspecified atom stereocenters. The van der Waals surface area contributed by atoms with E-state index in [-0.39, 0.29) is 11.3 Å². The molecule has 3 aromatic rings. The Balaban J connectivity index is 1.14. The zero-order chi connectivity index (χ0) is 24.6. The summed E-state index contributed by atoms with van der Waals surface area (Å²) in [6.07, 6.45) is 1.54. The van der Waals surface area contributed by atoms with E-state index in [1.807, 2.05) is 6.07 Å². The van der Waals surface area contributed by atoms with Crippen LogP contribution in [0.4, 0.5) is 0 Å². The highest BCUT2D eigenvalue weighted by atomic mass is 16.5. The maximum Gasteiger partial charge on any atom is 0.248 e. The molecule has 7 nitrogen and oxygen atoms in total. The monoisotopic (exact) mass is 479 g/mol. The van der Waals surface area contributed by atoms with Crippen molar-refractivity contribution in [1.82, 2.24) is 15.2 Å². The van der Waals surface area contributed by atoms with E-state index in [4.69, 9.17) is 4.74 Å². The molecule has 0 bridgehead atoms. The third kappa shape index (κ3) is 6.92. The zero-order valence-corrected chi connectivity index (χ0v) is 20.5. The van der Waals surface area contributed by atoms with Gasteiger partial charge in [0.25, 0.3) is 0 Å². The Morgan fingerprint density at radius 2 is 1.89 bits per heavy atom. The molecular weight excluding hydrogens is 442 g/mol. The number of H-pyrrole nitrogens is 1. The Kier molecular flexibility index (Phi) is 8.93. The summed E-state index contributed by atoms with van der Waals surface area (Å²) in [6, 6.07) is 16.8. The molecule has 1 fully saturated rings. The van der Waals surface area contributed by atoms with Gasteiger partial charge in [-0.2, -0.15) is 0 Å². The summed E-state index contributed by atoms with van der Waals surface area (Å²) in [4.78, 5) is 16.7. The lowest BCUT2D eigenvalue weighted by Crippen LogP contribution is -2.39. The van der Waals surface area contributed by atoms with Crippen molar-refractivity contribution < 1.29 is 14.9 Å². The number of hydrogen-bond acceptors (Lipinski definition) is 6. The van der Waals surface area contributed by atoms with E-state index in [2.05, 4.69) is 46.4 Å². The second-order valence-electron chi connectivity index (χ2n) is 9.63. The number of nitrogens with zero attached hydrogens (tertiary/aromatic N) is 1. The van der Waals surface area contributed by atoms with E-state index in [0.717, 1.165) is 52.2 Å². The third-order valence-corrected chi connectivity index (χ3v) is 7.03. The van der Waals surface area contributed by atoms with Gasteiger partial charge in [0.05, 0.1) is 24.8 Å². The van der Waals surface area contributed by atoms with E-state index >= 15 is 0 Å². The molecule has 188 valence electrons. The first-order chi connectivity index (χ1) is 17.0. The van der Waals surface area contributed by atoms with Crippen molar-refractivity contribution in [3.63, 3.8) is 0 Å². The van der Waals surface area contributed by atoms with Crippen molar-refractivity contribution in [2.24, 2.45) is 5.92 Å². The maximum absolute atomic E-state index is 11.6. The van der Waals surface area contributed by atoms with Crippen LogP contribution in [-0.4, -0.2) is 66.0 Å². The highest BCUT2D eigenvalue weighted by molar-refractivity contribution is 5.87. The van der Waals surface area contributed by atoms with Crippen LogP contribution in [0.2, 0.25) is 0 Å². The van der Waals surface area contributed by atoms with Crippen LogP contribution in [0.1, 0.15) is 42.9 Å². The first kappa shape index (κ1) is 25.4. The number of likely N-dealkylation sites (tertiary alicyclic amines) is 1. The van der Waals surface area contributed by atoms with E-state index in [1.165, 1.54) is 17.7 Å². The third-order valence-electron chi connectivity index (χ3n) is 7.03. The van der Waals surface area contributed by atoms with Gasteiger partial charge in [-0.1, -0.05) is 43.3 Å². The number of aliphatic hydroxyl groups is 1. The molecule has 0 radical (unpaired) electrons. The second-order valence-corrected chi connectivity index (χ2v) is 9.63. The fourth-order valence-corrected chi connectivity index (χ4v) is 4.83. The minimum atomic E-state index is -0.723. The van der Waals surface area contributed by atoms with Crippen molar-refractivity contribution in [2.45, 2.75) is 31.8 Å². The largest absolute Gasteiger partial charge is 0.506 e. The summed E-state index contributed by atoms with van der Waals surface area (Å²) in [5, 5.41) is 24.8. The minimum Gasteiger partial charge on any atom is -0.506 e. The van der Waals surface area contributed by atoms with E-state index in [1.54, 1.807) is 12.1 Å². The fourth-order valence-electron chi connectivity index (χ4n) is 4.83. The summed E-state index contributed by atoms with van der Waals surface area (Å²) in [5.74, 6) is 1.00. The second kappa shape index (κ2) is 12.3. The van der Waals surface area contributed by atoms with Crippen LogP contribution in [0.3, 0.4) is 0 Å². The van der Waals surface area contributed by atoms with Crippen LogP contribution in [0.15, 0.2) is 59.4 Å². The quantitative estimate of drug-likeness (QED) is 0.315. The number of fused-ring (bicyclic) bond motifs is 1. The molecule has 0 amide bonds. The highest BCUT2D eigenvalue weighted by Gasteiger charge is 2.20. The first-order valence-corrected chi connectivity index (χ1v) is 12.6. The van der Waals surface area contributed by atoms with Gasteiger partial charge in [0.2, 0.25) is 5.56 Å². The van der Waals surface area contributed by atoms with Gasteiger partial charge in [-0.3, -0.25) is 4.79 Å². The summed E-state index contributed by atoms with van der Waals surface area (Å²) in [6.45, 7) is 8.11. The number of aromatic amines is 1. The van der Waals surface area contributed by atoms with Crippen LogP contribution in [-0.2, 0) is 4.74 Å². The number of rotatable bonds is 11. The van der Waals surface area contributed by atoms with Crippen molar-refractivity contribution in [1.29, 1.82) is 0 Å². The minimum absolute atomic E-state index is 0.00414. The zero-order valence-electron chi connectivity index (χ0n) is 20.5. The number of pyridine rings is 1. The molecule has 35 heavy (non-hydrogen) atoms. The molecule has 1 aliphatic heterocycles. The Morgan fingerprint density at radius 1 is 1.11 bits per heavy atom. The molecule has 4 N–H and O–H groups in total. The molecule has 0 aliphatic carbocycles. The smallest absolute Gasteiger partial charge is 0.248 e. The van der Waals surface area contributed by atoms with Crippen LogP contribution in [0.5, 0.6) is 5.75 Å². The summed E-state index contributed by atoms with van der Waals surface area (Å²) in [5.41, 5.74) is 2.09. The van der Waals surface area contributed by atoms with Crippen LogP contribution < -0.4 is 10.9 Å². The Labute approximate surface area is 206 Å². The SMILES string of the molecule is CC(COCCN1CCC(CNC[C@H](O)c2ccc(O)c3[nH]c(=O)ccc23)CC1)c1ccccc1. The molecule has 1 aliphatic rings. The molecule has 4 rings (SSSR count). The van der Waals surface area contributed by atoms with Gasteiger partial charge in [-0.25, -0.2) is 0 Å². The molecule has 2 heterocycles. The number of hydrogen-bond donors (Lipinski definition) is 4. The van der Waals surface area contributed by atoms with Gasteiger partial charge in [0.1, 0.15) is 5.75 Å². The first-order valence-electron chi connectivity index (χ1n) is 12.6. The predicted molar refractivity (Wildman–Crippen MR) is 139 cm³/mol. The molecule has 0 saturated carbocycles. The summed E-state index contributed by atoms with van der Waals surface area (Å²) < 4.78 is 5.94. The van der Waals surface area contributed by atoms with Gasteiger partial charge >= 0.3 is 0 Å². The predicted octanol–water partition coefficient (Wildman–Crippen LogP) is 3.39. The van der Waals surface area contributed by atoms with E-state index < -0.39 is 6.10 Å². The molecule has 2 atom stereocenters. The number of phenolic OH excluding ortho intramolecular Hbond substituents is 1. The molecule has 2 aromatic carbocycles. The van der Waals surface area contributed by atoms with Crippen molar-refractivity contribution in [2.75, 3.05) is 45.9 Å². The lowest BCUT2D eigenvalue weighted by Gasteiger charge is -2.32. The number of aromatic nitrogens is 1. The van der Waals surface area contributed by atoms with Crippen molar-refractivity contribution in [3.8, 4) is 5.75 Å². The number of nitrogens with one attached hydrogen (secondary N) is 2. The lowest BCUT2D eigenvalue weighted by atomic mass is 9.96. The average Bonchev–Trinajstić information content (AvgIpc) is 2.88. The number of phenols is 1. The van der Waals surface area contributed by atoms with Gasteiger partial charge in [-0.05, 0) is 61.7 Å². The molecule has 7 heteroatoms. The number of aromatic hydroxyl groups is 1. The number of aliphatic hydroxyl groups excluding tert-OH is 1. The standard InChI is InChI=1S/C28H37N3O4/c1-20(22-5-3-2-4-6-22)19-35-16-15-31-13-11-21(12-14-31)17-29-18-26(33)23-7-9-25(32)28-24(23)8-10-27(34)30-28/h2-10,20-21,26,29,32-33H,11-19H2,1H3,(H,30,34)/t20?,26-/m0/s1. The molecule has 0 spiro atoms.